The molecule has 0 spiro atoms. The quantitative estimate of drug-likeness (QED) is 0.406. The van der Waals surface area contributed by atoms with Gasteiger partial charge in [-0.1, -0.05) is 6.08 Å². The standard InChI is InChI=1S/C12H19N3OS/c1-2-7-17-12-10(9-16)8-14-11(15-12)5-3-4-6-13/h2,8-10,12H,1,3-7,13H2. The lowest BCUT2D eigenvalue weighted by Gasteiger charge is -2.19. The molecule has 1 rings (SSSR count). The summed E-state index contributed by atoms with van der Waals surface area (Å²) < 4.78 is 0. The Morgan fingerprint density at radius 3 is 3.00 bits per heavy atom. The molecule has 0 aliphatic carbocycles. The van der Waals surface area contributed by atoms with E-state index in [0.29, 0.717) is 6.54 Å². The van der Waals surface area contributed by atoms with Crippen molar-refractivity contribution in [2.45, 2.75) is 24.6 Å². The van der Waals surface area contributed by atoms with Crippen LogP contribution in [0.2, 0.25) is 0 Å². The van der Waals surface area contributed by atoms with E-state index in [1.165, 1.54) is 0 Å². The highest BCUT2D eigenvalue weighted by molar-refractivity contribution is 8.00. The van der Waals surface area contributed by atoms with Crippen LogP contribution in [-0.2, 0) is 4.79 Å². The summed E-state index contributed by atoms with van der Waals surface area (Å²) >= 11 is 1.62. The fourth-order valence-corrected chi connectivity index (χ4v) is 2.37. The highest BCUT2D eigenvalue weighted by Crippen LogP contribution is 2.23. The first-order chi connectivity index (χ1) is 8.31. The van der Waals surface area contributed by atoms with Crippen LogP contribution >= 0.6 is 11.8 Å². The van der Waals surface area contributed by atoms with E-state index in [1.807, 2.05) is 6.08 Å². The van der Waals surface area contributed by atoms with Crippen LogP contribution < -0.4 is 5.73 Å². The van der Waals surface area contributed by atoms with E-state index < -0.39 is 0 Å². The summed E-state index contributed by atoms with van der Waals surface area (Å²) in [7, 11) is 0. The van der Waals surface area contributed by atoms with Crippen LogP contribution in [0.5, 0.6) is 0 Å². The van der Waals surface area contributed by atoms with Gasteiger partial charge in [0.25, 0.3) is 0 Å². The van der Waals surface area contributed by atoms with Crippen molar-refractivity contribution in [1.29, 1.82) is 0 Å². The summed E-state index contributed by atoms with van der Waals surface area (Å²) in [5.41, 5.74) is 5.44. The minimum Gasteiger partial charge on any atom is -0.330 e. The number of hydrogen-bond donors (Lipinski definition) is 1. The third kappa shape index (κ3) is 4.83. The number of nitrogens with two attached hydrogens (primary N) is 1. The van der Waals surface area contributed by atoms with Crippen LogP contribution in [0, 0.1) is 5.92 Å². The van der Waals surface area contributed by atoms with Gasteiger partial charge in [0.2, 0.25) is 0 Å². The van der Waals surface area contributed by atoms with Gasteiger partial charge in [-0.2, -0.15) is 0 Å². The lowest BCUT2D eigenvalue weighted by Crippen LogP contribution is -2.24. The van der Waals surface area contributed by atoms with Gasteiger partial charge in [0.15, 0.2) is 0 Å². The molecule has 0 fully saturated rings. The first kappa shape index (κ1) is 14.1. The Balaban J connectivity index is 2.54. The SMILES string of the molecule is C=CCSC1N=C(CCCCN)N=CC1C=O. The molecule has 0 amide bonds. The topological polar surface area (TPSA) is 67.8 Å². The third-order valence-electron chi connectivity index (χ3n) is 2.40. The van der Waals surface area contributed by atoms with E-state index in [1.54, 1.807) is 18.0 Å². The summed E-state index contributed by atoms with van der Waals surface area (Å²) in [6, 6.07) is 0. The minimum absolute atomic E-state index is 0.0455. The third-order valence-corrected chi connectivity index (χ3v) is 3.59. The van der Waals surface area contributed by atoms with Gasteiger partial charge in [-0.3, -0.25) is 4.99 Å². The first-order valence-corrected chi connectivity index (χ1v) is 6.85. The zero-order valence-corrected chi connectivity index (χ0v) is 10.7. The molecule has 0 aromatic heterocycles. The van der Waals surface area contributed by atoms with E-state index in [9.17, 15) is 4.79 Å². The van der Waals surface area contributed by atoms with Crippen molar-refractivity contribution in [3.05, 3.63) is 12.7 Å². The van der Waals surface area contributed by atoms with Gasteiger partial charge in [0, 0.05) is 18.4 Å². The van der Waals surface area contributed by atoms with Crippen LogP contribution in [0.3, 0.4) is 0 Å². The molecule has 2 N–H and O–H groups in total. The Labute approximate surface area is 106 Å². The average molecular weight is 253 g/mol. The molecule has 2 unspecified atom stereocenters. The number of nitrogens with zero attached hydrogens (tertiary/aromatic N) is 2. The number of hydrogen-bond acceptors (Lipinski definition) is 5. The van der Waals surface area contributed by atoms with Crippen molar-refractivity contribution in [3.8, 4) is 0 Å². The minimum atomic E-state index is -0.210. The van der Waals surface area contributed by atoms with Gasteiger partial charge in [0.1, 0.15) is 17.5 Å². The van der Waals surface area contributed by atoms with Crippen LogP contribution in [0.4, 0.5) is 0 Å². The second-order valence-electron chi connectivity index (χ2n) is 3.80. The summed E-state index contributed by atoms with van der Waals surface area (Å²) in [6.07, 6.45) is 7.25. The van der Waals surface area contributed by atoms with Crippen molar-refractivity contribution in [3.63, 3.8) is 0 Å². The Hall–Kier alpha value is -0.940. The summed E-state index contributed by atoms with van der Waals surface area (Å²) in [5, 5.41) is -0.0455. The highest BCUT2D eigenvalue weighted by Gasteiger charge is 2.22. The summed E-state index contributed by atoms with van der Waals surface area (Å²) in [6.45, 7) is 4.37. The molecule has 1 aliphatic rings. The highest BCUT2D eigenvalue weighted by atomic mass is 32.2. The van der Waals surface area contributed by atoms with Crippen LogP contribution in [0.1, 0.15) is 19.3 Å². The van der Waals surface area contributed by atoms with Crippen LogP contribution in [0.15, 0.2) is 22.6 Å². The number of thioether (sulfide) groups is 1. The van der Waals surface area contributed by atoms with E-state index in [4.69, 9.17) is 5.73 Å². The Kier molecular flexibility index (Phi) is 6.81. The maximum Gasteiger partial charge on any atom is 0.131 e. The molecule has 2 atom stereocenters. The molecule has 1 heterocycles. The van der Waals surface area contributed by atoms with Crippen molar-refractivity contribution in [2.75, 3.05) is 12.3 Å². The molecule has 1 aliphatic heterocycles. The van der Waals surface area contributed by atoms with Gasteiger partial charge in [-0.05, 0) is 19.4 Å². The lowest BCUT2D eigenvalue weighted by molar-refractivity contribution is -0.109. The molecule has 0 aromatic rings. The predicted octanol–water partition coefficient (Wildman–Crippen LogP) is 1.66. The fourth-order valence-electron chi connectivity index (χ4n) is 1.49. The van der Waals surface area contributed by atoms with Crippen molar-refractivity contribution >= 4 is 30.1 Å². The second kappa shape index (κ2) is 8.20. The number of unbranched alkanes of at least 4 members (excludes halogenated alkanes) is 1. The van der Waals surface area contributed by atoms with E-state index in [2.05, 4.69) is 16.6 Å². The molecule has 4 nitrogen and oxygen atoms in total. The zero-order chi connectivity index (χ0) is 12.5. The smallest absolute Gasteiger partial charge is 0.131 e. The number of aliphatic imine (C=N–C) groups is 2. The zero-order valence-electron chi connectivity index (χ0n) is 9.92. The normalized spacial score (nSPS) is 23.2. The maximum absolute atomic E-state index is 10.9. The number of carbonyl (C=O) groups is 1. The molecule has 0 bridgehead atoms. The Morgan fingerprint density at radius 2 is 2.35 bits per heavy atom. The molecular formula is C12H19N3OS. The van der Waals surface area contributed by atoms with Gasteiger partial charge in [0.05, 0.1) is 5.92 Å². The Bertz CT molecular complexity index is 315. The molecule has 17 heavy (non-hydrogen) atoms. The van der Waals surface area contributed by atoms with E-state index in [-0.39, 0.29) is 11.3 Å². The number of rotatable bonds is 8. The number of carbonyl (C=O) groups excluding carboxylic acids is 1. The fraction of sp³-hybridized carbons (Fsp3) is 0.583. The van der Waals surface area contributed by atoms with Gasteiger partial charge in [-0.25, -0.2) is 4.99 Å². The number of amidine groups is 1. The summed E-state index contributed by atoms with van der Waals surface area (Å²) in [4.78, 5) is 19.6. The maximum atomic E-state index is 10.9. The predicted molar refractivity (Wildman–Crippen MR) is 74.8 cm³/mol. The molecule has 94 valence electrons. The van der Waals surface area contributed by atoms with Crippen LogP contribution in [0.25, 0.3) is 0 Å². The first-order valence-electron chi connectivity index (χ1n) is 5.80. The Morgan fingerprint density at radius 1 is 1.53 bits per heavy atom. The molecule has 0 saturated heterocycles. The van der Waals surface area contributed by atoms with Crippen molar-refractivity contribution < 1.29 is 4.79 Å². The molecule has 0 radical (unpaired) electrons. The van der Waals surface area contributed by atoms with Crippen molar-refractivity contribution in [2.24, 2.45) is 21.6 Å². The van der Waals surface area contributed by atoms with E-state index >= 15 is 0 Å². The molecule has 5 heteroatoms. The monoisotopic (exact) mass is 253 g/mol. The van der Waals surface area contributed by atoms with Gasteiger partial charge < -0.3 is 10.5 Å². The lowest BCUT2D eigenvalue weighted by atomic mass is 10.1. The van der Waals surface area contributed by atoms with E-state index in [0.717, 1.165) is 37.1 Å². The molecule has 0 aromatic carbocycles. The van der Waals surface area contributed by atoms with Crippen molar-refractivity contribution in [1.82, 2.24) is 0 Å². The number of aldehydes is 1. The average Bonchev–Trinajstić information content (AvgIpc) is 2.37. The largest absolute Gasteiger partial charge is 0.330 e. The summed E-state index contributed by atoms with van der Waals surface area (Å²) in [5.74, 6) is 1.42. The molecular weight excluding hydrogens is 234 g/mol. The van der Waals surface area contributed by atoms with Gasteiger partial charge in [-0.15, -0.1) is 18.3 Å². The van der Waals surface area contributed by atoms with Crippen LogP contribution in [-0.4, -0.2) is 36.0 Å². The van der Waals surface area contributed by atoms with Gasteiger partial charge >= 0.3 is 0 Å². The second-order valence-corrected chi connectivity index (χ2v) is 4.94. The molecule has 0 saturated carbocycles.